The minimum atomic E-state index is -0.340. The van der Waals surface area contributed by atoms with Crippen LogP contribution < -0.4 is 5.73 Å². The normalized spacial score (nSPS) is 12.4. The van der Waals surface area contributed by atoms with Crippen molar-refractivity contribution in [3.8, 4) is 11.3 Å². The van der Waals surface area contributed by atoms with E-state index in [9.17, 15) is 4.79 Å². The van der Waals surface area contributed by atoms with E-state index in [4.69, 9.17) is 14.9 Å². The summed E-state index contributed by atoms with van der Waals surface area (Å²) in [7, 11) is 1.37. The van der Waals surface area contributed by atoms with E-state index in [1.54, 1.807) is 0 Å². The molecule has 5 heteroatoms. The largest absolute Gasteiger partial charge is 0.465 e. The molecule has 102 valence electrons. The van der Waals surface area contributed by atoms with Crippen molar-refractivity contribution in [1.29, 1.82) is 0 Å². The first-order valence-corrected chi connectivity index (χ1v) is 7.04. The molecular formula is C14H17NO3S. The summed E-state index contributed by atoms with van der Waals surface area (Å²) in [5.74, 6) is 1.18. The van der Waals surface area contributed by atoms with Crippen LogP contribution in [-0.4, -0.2) is 19.1 Å². The van der Waals surface area contributed by atoms with Gasteiger partial charge in [0.05, 0.1) is 7.11 Å². The molecule has 2 aromatic heterocycles. The van der Waals surface area contributed by atoms with Gasteiger partial charge >= 0.3 is 5.97 Å². The van der Waals surface area contributed by atoms with Crippen molar-refractivity contribution in [3.63, 3.8) is 0 Å². The number of thiophene rings is 1. The van der Waals surface area contributed by atoms with Gasteiger partial charge < -0.3 is 14.9 Å². The topological polar surface area (TPSA) is 65.5 Å². The predicted molar refractivity (Wildman–Crippen MR) is 75.3 cm³/mol. The zero-order valence-corrected chi connectivity index (χ0v) is 11.8. The summed E-state index contributed by atoms with van der Waals surface area (Å²) in [6.45, 7) is 2.04. The molecule has 0 fully saturated rings. The molecule has 2 aromatic rings. The highest BCUT2D eigenvalue weighted by Gasteiger charge is 2.17. The summed E-state index contributed by atoms with van der Waals surface area (Å²) in [4.78, 5) is 12.2. The van der Waals surface area contributed by atoms with Crippen molar-refractivity contribution in [3.05, 3.63) is 34.2 Å². The molecule has 2 heterocycles. The number of rotatable bonds is 5. The summed E-state index contributed by atoms with van der Waals surface area (Å²) >= 11 is 1.35. The molecule has 0 spiro atoms. The Balaban J connectivity index is 2.23. The summed E-state index contributed by atoms with van der Waals surface area (Å²) in [6, 6.07) is 5.73. The number of furan rings is 1. The van der Waals surface area contributed by atoms with Crippen LogP contribution in [-0.2, 0) is 11.2 Å². The number of nitrogens with two attached hydrogens (primary N) is 1. The number of hydrogen-bond acceptors (Lipinski definition) is 5. The van der Waals surface area contributed by atoms with Gasteiger partial charge in [-0.1, -0.05) is 6.92 Å². The van der Waals surface area contributed by atoms with E-state index in [-0.39, 0.29) is 12.0 Å². The summed E-state index contributed by atoms with van der Waals surface area (Å²) in [6.07, 6.45) is 1.61. The van der Waals surface area contributed by atoms with E-state index in [2.05, 4.69) is 0 Å². The van der Waals surface area contributed by atoms with Gasteiger partial charge in [-0.05, 0) is 30.0 Å². The average molecular weight is 279 g/mol. The highest BCUT2D eigenvalue weighted by Crippen LogP contribution is 2.30. The lowest BCUT2D eigenvalue weighted by molar-refractivity contribution is 0.0607. The van der Waals surface area contributed by atoms with Gasteiger partial charge in [0.15, 0.2) is 0 Å². The van der Waals surface area contributed by atoms with E-state index in [1.807, 2.05) is 30.5 Å². The van der Waals surface area contributed by atoms with Crippen LogP contribution in [0, 0.1) is 0 Å². The molecule has 2 rings (SSSR count). The number of ether oxygens (including phenoxy) is 1. The molecular weight excluding hydrogens is 262 g/mol. The third-order valence-corrected chi connectivity index (χ3v) is 3.85. The third-order valence-electron chi connectivity index (χ3n) is 2.95. The van der Waals surface area contributed by atoms with Crippen LogP contribution in [0.4, 0.5) is 0 Å². The van der Waals surface area contributed by atoms with Crippen molar-refractivity contribution >= 4 is 17.3 Å². The van der Waals surface area contributed by atoms with Crippen LogP contribution in [0.5, 0.6) is 0 Å². The average Bonchev–Trinajstić information content (AvgIpc) is 3.05. The number of carbonyl (C=O) groups excluding carboxylic acids is 1. The van der Waals surface area contributed by atoms with Crippen molar-refractivity contribution in [2.75, 3.05) is 7.11 Å². The highest BCUT2D eigenvalue weighted by molar-refractivity contribution is 7.12. The van der Waals surface area contributed by atoms with E-state index < -0.39 is 0 Å². The second-order valence-electron chi connectivity index (χ2n) is 4.29. The minimum Gasteiger partial charge on any atom is -0.465 e. The van der Waals surface area contributed by atoms with Gasteiger partial charge in [-0.3, -0.25) is 0 Å². The Kier molecular flexibility index (Phi) is 4.39. The predicted octanol–water partition coefficient (Wildman–Crippen LogP) is 3.07. The quantitative estimate of drug-likeness (QED) is 0.854. The SMILES string of the molecule is CCC(N)Cc1ccc(-c2ccsc2C(=O)OC)o1. The number of esters is 1. The zero-order chi connectivity index (χ0) is 13.8. The lowest BCUT2D eigenvalue weighted by atomic mass is 10.1. The molecule has 0 saturated heterocycles. The lowest BCUT2D eigenvalue weighted by Gasteiger charge is -2.05. The molecule has 0 aliphatic carbocycles. The molecule has 0 aromatic carbocycles. The Bertz CT molecular complexity index is 559. The van der Waals surface area contributed by atoms with Gasteiger partial charge in [-0.15, -0.1) is 11.3 Å². The molecule has 0 aliphatic heterocycles. The summed E-state index contributed by atoms with van der Waals surface area (Å²) in [5, 5.41) is 1.85. The Hall–Kier alpha value is -1.59. The fourth-order valence-electron chi connectivity index (χ4n) is 1.79. The Morgan fingerprint density at radius 2 is 2.26 bits per heavy atom. The molecule has 0 bridgehead atoms. The maximum absolute atomic E-state index is 11.6. The van der Waals surface area contributed by atoms with Crippen molar-refractivity contribution in [2.45, 2.75) is 25.8 Å². The van der Waals surface area contributed by atoms with Gasteiger partial charge in [-0.25, -0.2) is 4.79 Å². The van der Waals surface area contributed by atoms with E-state index in [1.165, 1.54) is 18.4 Å². The van der Waals surface area contributed by atoms with Crippen LogP contribution in [0.3, 0.4) is 0 Å². The van der Waals surface area contributed by atoms with Crippen LogP contribution in [0.2, 0.25) is 0 Å². The van der Waals surface area contributed by atoms with Gasteiger partial charge in [0, 0.05) is 18.0 Å². The fraction of sp³-hybridized carbons (Fsp3) is 0.357. The smallest absolute Gasteiger partial charge is 0.348 e. The van der Waals surface area contributed by atoms with E-state index >= 15 is 0 Å². The number of carbonyl (C=O) groups is 1. The minimum absolute atomic E-state index is 0.0987. The molecule has 0 radical (unpaired) electrons. The van der Waals surface area contributed by atoms with Gasteiger partial charge in [0.2, 0.25) is 0 Å². The molecule has 19 heavy (non-hydrogen) atoms. The molecule has 0 saturated carbocycles. The molecule has 1 atom stereocenters. The molecule has 0 amide bonds. The first-order chi connectivity index (χ1) is 9.15. The van der Waals surface area contributed by atoms with Crippen LogP contribution >= 0.6 is 11.3 Å². The van der Waals surface area contributed by atoms with Crippen LogP contribution in [0.1, 0.15) is 28.8 Å². The maximum atomic E-state index is 11.6. The molecule has 0 aliphatic rings. The molecule has 1 unspecified atom stereocenters. The third kappa shape index (κ3) is 3.05. The second kappa shape index (κ2) is 6.04. The monoisotopic (exact) mass is 279 g/mol. The lowest BCUT2D eigenvalue weighted by Crippen LogP contribution is -2.20. The first kappa shape index (κ1) is 13.8. The number of hydrogen-bond donors (Lipinski definition) is 1. The summed E-state index contributed by atoms with van der Waals surface area (Å²) in [5.41, 5.74) is 6.67. The maximum Gasteiger partial charge on any atom is 0.348 e. The Morgan fingerprint density at radius 3 is 2.95 bits per heavy atom. The van der Waals surface area contributed by atoms with E-state index in [0.29, 0.717) is 17.1 Å². The summed E-state index contributed by atoms with van der Waals surface area (Å²) < 4.78 is 10.5. The Morgan fingerprint density at radius 1 is 1.47 bits per heavy atom. The van der Waals surface area contributed by atoms with Crippen molar-refractivity contribution < 1.29 is 13.9 Å². The zero-order valence-electron chi connectivity index (χ0n) is 11.0. The van der Waals surface area contributed by atoms with Gasteiger partial charge in [-0.2, -0.15) is 0 Å². The standard InChI is InChI=1S/C14H17NO3S/c1-3-9(15)8-10-4-5-12(18-10)11-6-7-19-13(11)14(16)17-2/h4-7,9H,3,8,15H2,1-2H3. The second-order valence-corrected chi connectivity index (χ2v) is 5.21. The number of methoxy groups -OCH3 is 1. The molecule has 4 nitrogen and oxygen atoms in total. The Labute approximate surface area is 116 Å². The van der Waals surface area contributed by atoms with Crippen LogP contribution in [0.15, 0.2) is 28.0 Å². The van der Waals surface area contributed by atoms with Crippen molar-refractivity contribution in [1.82, 2.24) is 0 Å². The van der Waals surface area contributed by atoms with E-state index in [0.717, 1.165) is 17.7 Å². The highest BCUT2D eigenvalue weighted by atomic mass is 32.1. The molecule has 2 N–H and O–H groups in total. The van der Waals surface area contributed by atoms with Crippen molar-refractivity contribution in [2.24, 2.45) is 5.73 Å². The first-order valence-electron chi connectivity index (χ1n) is 6.16. The van der Waals surface area contributed by atoms with Crippen LogP contribution in [0.25, 0.3) is 11.3 Å². The van der Waals surface area contributed by atoms with Gasteiger partial charge in [0.25, 0.3) is 0 Å². The fourth-order valence-corrected chi connectivity index (χ4v) is 2.60. The van der Waals surface area contributed by atoms with Gasteiger partial charge in [0.1, 0.15) is 16.4 Å².